The number of hydroxylamine groups is 1. The number of nitrogens with one attached hydrogen (secondary N) is 2. The van der Waals surface area contributed by atoms with Gasteiger partial charge in [-0.1, -0.05) is 12.1 Å². The molecule has 0 aromatic heterocycles. The summed E-state index contributed by atoms with van der Waals surface area (Å²) in [5, 5.41) is 12.5. The fourth-order valence-electron chi connectivity index (χ4n) is 4.81. The van der Waals surface area contributed by atoms with Crippen LogP contribution in [-0.2, 0) is 9.59 Å². The first-order chi connectivity index (χ1) is 13.4. The van der Waals surface area contributed by atoms with Gasteiger partial charge in [0.25, 0.3) is 0 Å². The van der Waals surface area contributed by atoms with Crippen LogP contribution in [-0.4, -0.2) is 60.2 Å². The van der Waals surface area contributed by atoms with Gasteiger partial charge >= 0.3 is 0 Å². The molecule has 3 atom stereocenters. The average molecular weight is 386 g/mol. The lowest BCUT2D eigenvalue weighted by molar-refractivity contribution is -0.145. The summed E-state index contributed by atoms with van der Waals surface area (Å²) in [6.07, 6.45) is 2.84. The Morgan fingerprint density at radius 3 is 2.71 bits per heavy atom. The van der Waals surface area contributed by atoms with E-state index >= 15 is 0 Å². The van der Waals surface area contributed by atoms with Crippen LogP contribution in [0.1, 0.15) is 31.7 Å². The Kier molecular flexibility index (Phi) is 5.05. The molecule has 3 aliphatic rings. The normalized spacial score (nSPS) is 28.9. The standard InChI is InChI=1S/C21H30N4O3/c1-14-4-3-5-16(10-14)25-9-8-24(12-15(25)2)20(27)18-17(19(26)23-28)11-21(6-7-21)13-22-18/h3-5,10,15,17-18,22,28H,6-9,11-13H2,1-2H3,(H,23,26)/t15?,17-,18-/m0/s1. The molecule has 2 amide bonds. The SMILES string of the molecule is Cc1cccc(N2CCN(C(=O)[C@H]3NCC4(CC4)C[C@@H]3C(=O)NO)CC2C)c1. The van der Waals surface area contributed by atoms with Crippen LogP contribution in [0.4, 0.5) is 5.69 Å². The van der Waals surface area contributed by atoms with Gasteiger partial charge in [-0.3, -0.25) is 14.8 Å². The second kappa shape index (κ2) is 7.37. The molecule has 1 unspecified atom stereocenters. The van der Waals surface area contributed by atoms with E-state index in [2.05, 4.69) is 48.3 Å². The van der Waals surface area contributed by atoms with E-state index in [4.69, 9.17) is 5.21 Å². The van der Waals surface area contributed by atoms with Crippen LogP contribution in [0.3, 0.4) is 0 Å². The number of nitrogens with zero attached hydrogens (tertiary/aromatic N) is 2. The molecular weight excluding hydrogens is 356 g/mol. The average Bonchev–Trinajstić information content (AvgIpc) is 3.45. The van der Waals surface area contributed by atoms with Gasteiger partial charge in [-0.2, -0.15) is 0 Å². The first-order valence-electron chi connectivity index (χ1n) is 10.2. The van der Waals surface area contributed by atoms with Gasteiger partial charge in [-0.15, -0.1) is 0 Å². The first kappa shape index (κ1) is 19.2. The van der Waals surface area contributed by atoms with E-state index in [1.54, 1.807) is 5.48 Å². The lowest BCUT2D eigenvalue weighted by atomic mass is 9.81. The van der Waals surface area contributed by atoms with Gasteiger partial charge < -0.3 is 15.1 Å². The van der Waals surface area contributed by atoms with E-state index in [1.165, 1.54) is 11.3 Å². The van der Waals surface area contributed by atoms with E-state index in [-0.39, 0.29) is 17.4 Å². The van der Waals surface area contributed by atoms with Gasteiger partial charge in [-0.05, 0) is 56.2 Å². The van der Waals surface area contributed by atoms with Gasteiger partial charge in [-0.25, -0.2) is 5.48 Å². The third kappa shape index (κ3) is 3.61. The number of rotatable bonds is 3. The molecule has 1 aromatic rings. The maximum absolute atomic E-state index is 13.2. The molecule has 1 saturated carbocycles. The molecule has 4 rings (SSSR count). The maximum Gasteiger partial charge on any atom is 0.248 e. The van der Waals surface area contributed by atoms with Gasteiger partial charge in [0, 0.05) is 37.9 Å². The number of aryl methyl sites for hydroxylation is 1. The zero-order valence-electron chi connectivity index (χ0n) is 16.6. The summed E-state index contributed by atoms with van der Waals surface area (Å²) >= 11 is 0. The van der Waals surface area contributed by atoms with E-state index < -0.39 is 17.9 Å². The Bertz CT molecular complexity index is 764. The molecule has 7 heteroatoms. The number of piperidine rings is 1. The molecular formula is C21H30N4O3. The summed E-state index contributed by atoms with van der Waals surface area (Å²) in [6.45, 7) is 7.02. The zero-order chi connectivity index (χ0) is 19.9. The molecule has 7 nitrogen and oxygen atoms in total. The molecule has 28 heavy (non-hydrogen) atoms. The zero-order valence-corrected chi connectivity index (χ0v) is 16.6. The third-order valence-electron chi connectivity index (χ3n) is 6.69. The molecule has 2 aliphatic heterocycles. The molecule has 3 fully saturated rings. The van der Waals surface area contributed by atoms with E-state index in [0.717, 1.165) is 25.9 Å². The number of benzene rings is 1. The Morgan fingerprint density at radius 2 is 2.07 bits per heavy atom. The van der Waals surface area contributed by atoms with Crippen LogP contribution in [0.15, 0.2) is 24.3 Å². The minimum Gasteiger partial charge on any atom is -0.365 e. The quantitative estimate of drug-likeness (QED) is 0.539. The number of amides is 2. The van der Waals surface area contributed by atoms with Crippen molar-refractivity contribution in [2.45, 2.75) is 45.2 Å². The second-order valence-electron chi connectivity index (χ2n) is 8.81. The Balaban J connectivity index is 1.44. The summed E-state index contributed by atoms with van der Waals surface area (Å²) in [4.78, 5) is 29.7. The molecule has 0 radical (unpaired) electrons. The Morgan fingerprint density at radius 1 is 1.29 bits per heavy atom. The number of piperazine rings is 1. The summed E-state index contributed by atoms with van der Waals surface area (Å²) in [7, 11) is 0. The van der Waals surface area contributed by atoms with Crippen LogP contribution in [0, 0.1) is 18.3 Å². The maximum atomic E-state index is 13.2. The number of carbonyl (C=O) groups is 2. The van der Waals surface area contributed by atoms with Crippen molar-refractivity contribution in [3.8, 4) is 0 Å². The van der Waals surface area contributed by atoms with Crippen molar-refractivity contribution in [1.29, 1.82) is 0 Å². The lowest BCUT2D eigenvalue weighted by Gasteiger charge is -2.44. The number of hydrogen-bond acceptors (Lipinski definition) is 5. The van der Waals surface area contributed by atoms with Gasteiger partial charge in [0.2, 0.25) is 11.8 Å². The monoisotopic (exact) mass is 386 g/mol. The fraction of sp³-hybridized carbons (Fsp3) is 0.619. The van der Waals surface area contributed by atoms with Crippen LogP contribution < -0.4 is 15.7 Å². The van der Waals surface area contributed by atoms with Gasteiger partial charge in [0.1, 0.15) is 0 Å². The largest absolute Gasteiger partial charge is 0.365 e. The molecule has 3 N–H and O–H groups in total. The number of carbonyl (C=O) groups excluding carboxylic acids is 2. The summed E-state index contributed by atoms with van der Waals surface area (Å²) in [5.41, 5.74) is 4.32. The summed E-state index contributed by atoms with van der Waals surface area (Å²) < 4.78 is 0. The molecule has 0 bridgehead atoms. The highest BCUT2D eigenvalue weighted by Gasteiger charge is 2.52. The van der Waals surface area contributed by atoms with Crippen molar-refractivity contribution >= 4 is 17.5 Å². The van der Waals surface area contributed by atoms with E-state index in [1.807, 2.05) is 4.90 Å². The smallest absolute Gasteiger partial charge is 0.248 e. The summed E-state index contributed by atoms with van der Waals surface area (Å²) in [5.74, 6) is -0.998. The van der Waals surface area contributed by atoms with Crippen molar-refractivity contribution < 1.29 is 14.8 Å². The van der Waals surface area contributed by atoms with Crippen LogP contribution >= 0.6 is 0 Å². The molecule has 2 heterocycles. The molecule has 152 valence electrons. The topological polar surface area (TPSA) is 84.9 Å². The first-order valence-corrected chi connectivity index (χ1v) is 10.2. The van der Waals surface area contributed by atoms with Crippen molar-refractivity contribution in [1.82, 2.24) is 15.7 Å². The van der Waals surface area contributed by atoms with Crippen LogP contribution in [0.5, 0.6) is 0 Å². The van der Waals surface area contributed by atoms with Crippen molar-refractivity contribution in [2.24, 2.45) is 11.3 Å². The van der Waals surface area contributed by atoms with E-state index in [9.17, 15) is 9.59 Å². The molecule has 1 aromatic carbocycles. The summed E-state index contributed by atoms with van der Waals surface area (Å²) in [6, 6.07) is 8.07. The highest BCUT2D eigenvalue weighted by atomic mass is 16.5. The molecule has 1 aliphatic carbocycles. The fourth-order valence-corrected chi connectivity index (χ4v) is 4.81. The third-order valence-corrected chi connectivity index (χ3v) is 6.69. The minimum atomic E-state index is -0.559. The van der Waals surface area contributed by atoms with Crippen molar-refractivity contribution in [2.75, 3.05) is 31.1 Å². The van der Waals surface area contributed by atoms with Crippen molar-refractivity contribution in [3.05, 3.63) is 29.8 Å². The molecule has 2 saturated heterocycles. The Labute approximate surface area is 166 Å². The predicted octanol–water partition coefficient (Wildman–Crippen LogP) is 1.30. The predicted molar refractivity (Wildman–Crippen MR) is 106 cm³/mol. The number of anilines is 1. The molecule has 1 spiro atoms. The Hall–Kier alpha value is -2.12. The van der Waals surface area contributed by atoms with Crippen molar-refractivity contribution in [3.63, 3.8) is 0 Å². The number of hydrogen-bond donors (Lipinski definition) is 3. The highest BCUT2D eigenvalue weighted by molar-refractivity contribution is 5.90. The highest BCUT2D eigenvalue weighted by Crippen LogP contribution is 2.52. The van der Waals surface area contributed by atoms with E-state index in [0.29, 0.717) is 19.5 Å². The second-order valence-corrected chi connectivity index (χ2v) is 8.81. The lowest BCUT2D eigenvalue weighted by Crippen LogP contribution is -2.62. The van der Waals surface area contributed by atoms with Gasteiger partial charge in [0.15, 0.2) is 0 Å². The minimum absolute atomic E-state index is 0.0279. The van der Waals surface area contributed by atoms with Gasteiger partial charge in [0.05, 0.1) is 12.0 Å². The van der Waals surface area contributed by atoms with Crippen LogP contribution in [0.2, 0.25) is 0 Å². The van der Waals surface area contributed by atoms with Crippen LogP contribution in [0.25, 0.3) is 0 Å².